The van der Waals surface area contributed by atoms with E-state index in [-0.39, 0.29) is 0 Å². The first-order valence-electron chi connectivity index (χ1n) is 4.31. The summed E-state index contributed by atoms with van der Waals surface area (Å²) in [5, 5.41) is 5.46. The second kappa shape index (κ2) is 4.60. The lowest BCUT2D eigenvalue weighted by Crippen LogP contribution is -2.11. The first-order valence-corrected chi connectivity index (χ1v) is 6.23. The molecular formula is C9H14Br2N2. The summed E-state index contributed by atoms with van der Waals surface area (Å²) in [6.07, 6.45) is 0. The molecule has 0 saturated heterocycles. The average Bonchev–Trinajstić information content (AvgIpc) is 2.34. The van der Waals surface area contributed by atoms with Gasteiger partial charge in [-0.05, 0) is 35.7 Å². The van der Waals surface area contributed by atoms with Crippen LogP contribution in [0.25, 0.3) is 0 Å². The van der Waals surface area contributed by atoms with E-state index in [0.717, 1.165) is 22.0 Å². The number of aryl methyl sites for hydroxylation is 1. The van der Waals surface area contributed by atoms with Crippen LogP contribution < -0.4 is 0 Å². The lowest BCUT2D eigenvalue weighted by molar-refractivity contribution is 0.480. The van der Waals surface area contributed by atoms with Crippen molar-refractivity contribution in [3.05, 3.63) is 15.9 Å². The molecular weight excluding hydrogens is 296 g/mol. The van der Waals surface area contributed by atoms with Crippen molar-refractivity contribution in [2.24, 2.45) is 5.92 Å². The maximum absolute atomic E-state index is 4.45. The summed E-state index contributed by atoms with van der Waals surface area (Å²) in [6, 6.07) is 0. The highest BCUT2D eigenvalue weighted by Crippen LogP contribution is 2.20. The maximum Gasteiger partial charge on any atom is 0.0738 e. The van der Waals surface area contributed by atoms with Crippen molar-refractivity contribution in [2.75, 3.05) is 5.33 Å². The molecule has 0 spiro atoms. The summed E-state index contributed by atoms with van der Waals surface area (Å²) in [7, 11) is 0. The SMILES string of the molecule is Cc1nn(CC(C)CBr)c(C)c1Br. The van der Waals surface area contributed by atoms with Gasteiger partial charge in [-0.2, -0.15) is 5.10 Å². The van der Waals surface area contributed by atoms with Gasteiger partial charge in [0.05, 0.1) is 10.2 Å². The van der Waals surface area contributed by atoms with Crippen LogP contribution in [-0.2, 0) is 6.54 Å². The van der Waals surface area contributed by atoms with Gasteiger partial charge in [-0.25, -0.2) is 0 Å². The number of nitrogens with zero attached hydrogens (tertiary/aromatic N) is 2. The zero-order chi connectivity index (χ0) is 10.0. The van der Waals surface area contributed by atoms with Gasteiger partial charge in [0, 0.05) is 17.6 Å². The maximum atomic E-state index is 4.45. The van der Waals surface area contributed by atoms with Crippen LogP contribution in [0.4, 0.5) is 0 Å². The summed E-state index contributed by atoms with van der Waals surface area (Å²) in [4.78, 5) is 0. The molecule has 0 aliphatic carbocycles. The zero-order valence-electron chi connectivity index (χ0n) is 8.14. The predicted molar refractivity (Wildman–Crippen MR) is 62.4 cm³/mol. The Morgan fingerprint density at radius 1 is 1.46 bits per heavy atom. The molecule has 1 rings (SSSR count). The number of rotatable bonds is 3. The molecule has 13 heavy (non-hydrogen) atoms. The fourth-order valence-corrected chi connectivity index (χ4v) is 1.69. The van der Waals surface area contributed by atoms with Gasteiger partial charge in [-0.15, -0.1) is 0 Å². The summed E-state index contributed by atoms with van der Waals surface area (Å²) >= 11 is 6.99. The highest BCUT2D eigenvalue weighted by molar-refractivity contribution is 9.10. The zero-order valence-corrected chi connectivity index (χ0v) is 11.3. The molecule has 0 aromatic carbocycles. The normalized spacial score (nSPS) is 13.3. The van der Waals surface area contributed by atoms with E-state index in [4.69, 9.17) is 0 Å². The fraction of sp³-hybridized carbons (Fsp3) is 0.667. The minimum atomic E-state index is 0.616. The van der Waals surface area contributed by atoms with Crippen LogP contribution in [0.5, 0.6) is 0 Å². The van der Waals surface area contributed by atoms with Gasteiger partial charge in [0.25, 0.3) is 0 Å². The van der Waals surface area contributed by atoms with Gasteiger partial charge in [0.1, 0.15) is 0 Å². The third-order valence-corrected chi connectivity index (χ3v) is 4.29. The Morgan fingerprint density at radius 2 is 2.08 bits per heavy atom. The molecule has 0 saturated carbocycles. The molecule has 1 aromatic heterocycles. The molecule has 4 heteroatoms. The van der Waals surface area contributed by atoms with Crippen LogP contribution in [0, 0.1) is 19.8 Å². The first-order chi connectivity index (χ1) is 6.06. The average molecular weight is 310 g/mol. The minimum absolute atomic E-state index is 0.616. The summed E-state index contributed by atoms with van der Waals surface area (Å²) in [6.45, 7) is 7.29. The molecule has 0 aliphatic rings. The van der Waals surface area contributed by atoms with Crippen molar-refractivity contribution in [3.63, 3.8) is 0 Å². The van der Waals surface area contributed by atoms with Crippen molar-refractivity contribution < 1.29 is 0 Å². The van der Waals surface area contributed by atoms with Gasteiger partial charge in [-0.1, -0.05) is 22.9 Å². The fourth-order valence-electron chi connectivity index (χ4n) is 1.20. The third kappa shape index (κ3) is 2.56. The van der Waals surface area contributed by atoms with Crippen LogP contribution >= 0.6 is 31.9 Å². The molecule has 1 heterocycles. The van der Waals surface area contributed by atoms with Crippen LogP contribution in [-0.4, -0.2) is 15.1 Å². The van der Waals surface area contributed by atoms with E-state index >= 15 is 0 Å². The smallest absolute Gasteiger partial charge is 0.0738 e. The number of aromatic nitrogens is 2. The van der Waals surface area contributed by atoms with Gasteiger partial charge in [0.2, 0.25) is 0 Å². The lowest BCUT2D eigenvalue weighted by atomic mass is 10.2. The van der Waals surface area contributed by atoms with E-state index < -0.39 is 0 Å². The Hall–Kier alpha value is 0.170. The molecule has 0 fully saturated rings. The Balaban J connectivity index is 2.83. The Labute approximate surface area is 96.0 Å². The molecule has 1 unspecified atom stereocenters. The molecule has 0 N–H and O–H groups in total. The van der Waals surface area contributed by atoms with Crippen LogP contribution in [0.1, 0.15) is 18.3 Å². The second-order valence-electron chi connectivity index (χ2n) is 3.43. The highest BCUT2D eigenvalue weighted by Gasteiger charge is 2.10. The van der Waals surface area contributed by atoms with E-state index in [0.29, 0.717) is 5.92 Å². The summed E-state index contributed by atoms with van der Waals surface area (Å²) < 4.78 is 3.19. The second-order valence-corrected chi connectivity index (χ2v) is 4.87. The van der Waals surface area contributed by atoms with Crippen LogP contribution in [0.15, 0.2) is 4.47 Å². The Kier molecular flexibility index (Phi) is 3.98. The van der Waals surface area contributed by atoms with E-state index in [1.54, 1.807) is 0 Å². The molecule has 74 valence electrons. The minimum Gasteiger partial charge on any atom is -0.268 e. The third-order valence-electron chi connectivity index (χ3n) is 2.04. The largest absolute Gasteiger partial charge is 0.268 e. The molecule has 1 aromatic rings. The summed E-state index contributed by atoms with van der Waals surface area (Å²) in [5.41, 5.74) is 2.28. The van der Waals surface area contributed by atoms with Crippen molar-refractivity contribution in [1.82, 2.24) is 9.78 Å². The highest BCUT2D eigenvalue weighted by atomic mass is 79.9. The monoisotopic (exact) mass is 308 g/mol. The molecule has 2 nitrogen and oxygen atoms in total. The Bertz CT molecular complexity index is 294. The number of hydrogen-bond acceptors (Lipinski definition) is 1. The number of hydrogen-bond donors (Lipinski definition) is 0. The molecule has 0 amide bonds. The van der Waals surface area contributed by atoms with Gasteiger partial charge < -0.3 is 0 Å². The lowest BCUT2D eigenvalue weighted by Gasteiger charge is -2.09. The molecule has 0 bridgehead atoms. The molecule has 1 atom stereocenters. The summed E-state index contributed by atoms with van der Waals surface area (Å²) in [5.74, 6) is 0.616. The number of halogens is 2. The molecule has 0 radical (unpaired) electrons. The van der Waals surface area contributed by atoms with Gasteiger partial charge in [-0.3, -0.25) is 4.68 Å². The first kappa shape index (κ1) is 11.2. The van der Waals surface area contributed by atoms with E-state index in [1.165, 1.54) is 5.69 Å². The van der Waals surface area contributed by atoms with Crippen molar-refractivity contribution in [1.29, 1.82) is 0 Å². The standard InChI is InChI=1S/C9H14Br2N2/c1-6(4-10)5-13-8(3)9(11)7(2)12-13/h6H,4-5H2,1-3H3. The van der Waals surface area contributed by atoms with Gasteiger partial charge >= 0.3 is 0 Å². The van der Waals surface area contributed by atoms with E-state index in [2.05, 4.69) is 55.5 Å². The van der Waals surface area contributed by atoms with E-state index in [9.17, 15) is 0 Å². The number of alkyl halides is 1. The van der Waals surface area contributed by atoms with Crippen molar-refractivity contribution in [3.8, 4) is 0 Å². The van der Waals surface area contributed by atoms with Crippen LogP contribution in [0.2, 0.25) is 0 Å². The molecule has 0 aliphatic heterocycles. The van der Waals surface area contributed by atoms with Crippen LogP contribution in [0.3, 0.4) is 0 Å². The quantitative estimate of drug-likeness (QED) is 0.783. The van der Waals surface area contributed by atoms with E-state index in [1.807, 2.05) is 6.92 Å². The van der Waals surface area contributed by atoms with Crippen molar-refractivity contribution >= 4 is 31.9 Å². The Morgan fingerprint density at radius 3 is 2.46 bits per heavy atom. The van der Waals surface area contributed by atoms with Gasteiger partial charge in [0.15, 0.2) is 0 Å². The van der Waals surface area contributed by atoms with Crippen molar-refractivity contribution in [2.45, 2.75) is 27.3 Å². The predicted octanol–water partition coefficient (Wildman–Crippen LogP) is 3.29. The topological polar surface area (TPSA) is 17.8 Å².